The minimum atomic E-state index is -0.949. The first-order valence-corrected chi connectivity index (χ1v) is 10.5. The first-order chi connectivity index (χ1) is 16.5. The molecule has 1 aliphatic heterocycles. The number of ether oxygens (including phenoxy) is 2. The molecule has 0 spiro atoms. The van der Waals surface area contributed by atoms with Crippen molar-refractivity contribution in [3.63, 3.8) is 0 Å². The zero-order chi connectivity index (χ0) is 23.7. The molecule has 0 unspecified atom stereocenters. The highest BCUT2D eigenvalue weighted by Gasteiger charge is 2.32. The highest BCUT2D eigenvalue weighted by molar-refractivity contribution is 6.08. The van der Waals surface area contributed by atoms with Crippen molar-refractivity contribution in [2.24, 2.45) is 0 Å². The number of likely N-dealkylation sites (N-methyl/N-ethyl adjacent to an activating group) is 1. The average molecular weight is 458 g/mol. The number of pyridine rings is 2. The highest BCUT2D eigenvalue weighted by Crippen LogP contribution is 2.37. The number of amides is 2. The molecular weight excluding hydrogens is 439 g/mol. The number of nitrogens with zero attached hydrogens (tertiary/aromatic N) is 3. The fourth-order valence-electron chi connectivity index (χ4n) is 3.76. The molecule has 2 aromatic carbocycles. The van der Waals surface area contributed by atoms with Crippen molar-refractivity contribution in [2.75, 3.05) is 18.6 Å². The van der Waals surface area contributed by atoms with Gasteiger partial charge in [0.25, 0.3) is 11.8 Å². The smallest absolute Gasteiger partial charge is 0.270 e. The highest BCUT2D eigenvalue weighted by atomic mass is 19.1. The fourth-order valence-corrected chi connectivity index (χ4v) is 3.76. The van der Waals surface area contributed by atoms with Crippen LogP contribution in [0.15, 0.2) is 73.1 Å². The molecule has 170 valence electrons. The van der Waals surface area contributed by atoms with Gasteiger partial charge in [-0.3, -0.25) is 19.6 Å². The molecule has 0 saturated carbocycles. The van der Waals surface area contributed by atoms with Crippen LogP contribution in [0, 0.1) is 5.82 Å². The van der Waals surface area contributed by atoms with E-state index in [1.165, 1.54) is 35.4 Å². The van der Waals surface area contributed by atoms with E-state index in [4.69, 9.17) is 9.47 Å². The lowest BCUT2D eigenvalue weighted by Crippen LogP contribution is -2.49. The van der Waals surface area contributed by atoms with E-state index >= 15 is 0 Å². The Balaban J connectivity index is 1.36. The number of hydrogen-bond acceptors (Lipinski definition) is 6. The lowest BCUT2D eigenvalue weighted by molar-refractivity contribution is -0.120. The predicted octanol–water partition coefficient (Wildman–Crippen LogP) is 3.72. The van der Waals surface area contributed by atoms with Crippen molar-refractivity contribution in [2.45, 2.75) is 6.04 Å². The molecule has 2 amide bonds. The number of nitrogens with one attached hydrogen (secondary N) is 1. The second kappa shape index (κ2) is 8.78. The number of aromatic nitrogens is 2. The number of carbonyl (C=O) groups is 2. The van der Waals surface area contributed by atoms with E-state index in [0.29, 0.717) is 11.4 Å². The minimum Gasteiger partial charge on any atom is -0.489 e. The van der Waals surface area contributed by atoms with Gasteiger partial charge in [-0.05, 0) is 42.5 Å². The van der Waals surface area contributed by atoms with Gasteiger partial charge in [0.1, 0.15) is 29.8 Å². The number of halogens is 1. The molecule has 8 nitrogen and oxygen atoms in total. The number of rotatable bonds is 4. The predicted molar refractivity (Wildman–Crippen MR) is 123 cm³/mol. The molecule has 4 aromatic rings. The van der Waals surface area contributed by atoms with Crippen molar-refractivity contribution in [3.8, 4) is 17.2 Å². The third-order valence-corrected chi connectivity index (χ3v) is 5.42. The second-order valence-corrected chi connectivity index (χ2v) is 7.63. The van der Waals surface area contributed by atoms with Crippen LogP contribution in [-0.2, 0) is 4.79 Å². The molecule has 34 heavy (non-hydrogen) atoms. The second-order valence-electron chi connectivity index (χ2n) is 7.63. The van der Waals surface area contributed by atoms with Gasteiger partial charge in [-0.1, -0.05) is 12.1 Å². The van der Waals surface area contributed by atoms with Crippen molar-refractivity contribution >= 4 is 28.4 Å². The van der Waals surface area contributed by atoms with Crippen LogP contribution in [0.1, 0.15) is 10.5 Å². The summed E-state index contributed by atoms with van der Waals surface area (Å²) in [7, 11) is 1.63. The normalized spacial score (nSPS) is 15.3. The third kappa shape index (κ3) is 3.99. The summed E-state index contributed by atoms with van der Waals surface area (Å²) in [5, 5.41) is 3.44. The largest absolute Gasteiger partial charge is 0.489 e. The number of carbonyl (C=O) groups excluding carboxylic acids is 2. The van der Waals surface area contributed by atoms with Crippen molar-refractivity contribution in [3.05, 3.63) is 84.6 Å². The van der Waals surface area contributed by atoms with E-state index < -0.39 is 17.8 Å². The van der Waals surface area contributed by atoms with E-state index in [1.807, 2.05) is 12.1 Å². The van der Waals surface area contributed by atoms with Gasteiger partial charge in [0, 0.05) is 30.9 Å². The lowest BCUT2D eigenvalue weighted by atomic mass is 10.1. The van der Waals surface area contributed by atoms with Crippen LogP contribution < -0.4 is 19.7 Å². The summed E-state index contributed by atoms with van der Waals surface area (Å²) in [5.74, 6) is -0.692. The van der Waals surface area contributed by atoms with Gasteiger partial charge in [-0.25, -0.2) is 4.39 Å². The van der Waals surface area contributed by atoms with Crippen LogP contribution in [-0.4, -0.2) is 41.5 Å². The minimum absolute atomic E-state index is 0.0145. The van der Waals surface area contributed by atoms with E-state index in [0.717, 1.165) is 10.9 Å². The summed E-state index contributed by atoms with van der Waals surface area (Å²) in [6.07, 6.45) is 3.05. The number of benzene rings is 2. The Morgan fingerprint density at radius 3 is 2.82 bits per heavy atom. The first kappa shape index (κ1) is 21.3. The molecule has 1 aliphatic rings. The molecule has 0 fully saturated rings. The van der Waals surface area contributed by atoms with Gasteiger partial charge in [0.2, 0.25) is 0 Å². The Hall–Kier alpha value is -4.53. The van der Waals surface area contributed by atoms with Crippen LogP contribution in [0.3, 0.4) is 0 Å². The van der Waals surface area contributed by atoms with E-state index in [2.05, 4.69) is 15.3 Å². The summed E-state index contributed by atoms with van der Waals surface area (Å²) in [6, 6.07) is 15.1. The number of anilines is 1. The monoisotopic (exact) mass is 458 g/mol. The average Bonchev–Trinajstić information content (AvgIpc) is 2.97. The Morgan fingerprint density at radius 2 is 1.97 bits per heavy atom. The maximum Gasteiger partial charge on any atom is 0.270 e. The summed E-state index contributed by atoms with van der Waals surface area (Å²) >= 11 is 0. The molecule has 0 aliphatic carbocycles. The van der Waals surface area contributed by atoms with Gasteiger partial charge >= 0.3 is 0 Å². The maximum atomic E-state index is 13.9. The summed E-state index contributed by atoms with van der Waals surface area (Å²) < 4.78 is 25.3. The molecule has 1 N–H and O–H groups in total. The van der Waals surface area contributed by atoms with E-state index in [1.54, 1.807) is 37.5 Å². The zero-order valence-electron chi connectivity index (χ0n) is 18.1. The summed E-state index contributed by atoms with van der Waals surface area (Å²) in [6.45, 7) is -0.0564. The maximum absolute atomic E-state index is 13.9. The van der Waals surface area contributed by atoms with E-state index in [9.17, 15) is 14.0 Å². The van der Waals surface area contributed by atoms with Crippen LogP contribution >= 0.6 is 0 Å². The Morgan fingerprint density at radius 1 is 1.12 bits per heavy atom. The fraction of sp³-hybridized carbons (Fsp3) is 0.120. The van der Waals surface area contributed by atoms with E-state index in [-0.39, 0.29) is 29.7 Å². The summed E-state index contributed by atoms with van der Waals surface area (Å²) in [4.78, 5) is 35.9. The van der Waals surface area contributed by atoms with Gasteiger partial charge in [0.05, 0.1) is 11.2 Å². The Kier molecular flexibility index (Phi) is 5.51. The molecule has 0 radical (unpaired) electrons. The van der Waals surface area contributed by atoms with Crippen LogP contribution in [0.4, 0.5) is 10.1 Å². The molecule has 0 saturated heterocycles. The van der Waals surface area contributed by atoms with Gasteiger partial charge < -0.3 is 19.7 Å². The molecule has 5 rings (SSSR count). The quantitative estimate of drug-likeness (QED) is 0.501. The van der Waals surface area contributed by atoms with Gasteiger partial charge in [-0.2, -0.15) is 0 Å². The molecule has 0 bridgehead atoms. The number of hydrogen-bond donors (Lipinski definition) is 1. The Labute approximate surface area is 194 Å². The molecular formula is C25H19FN4O4. The zero-order valence-corrected chi connectivity index (χ0v) is 18.1. The number of fused-ring (bicyclic) bond motifs is 3. The molecule has 2 aromatic heterocycles. The Bertz CT molecular complexity index is 1410. The first-order valence-electron chi connectivity index (χ1n) is 10.5. The lowest BCUT2D eigenvalue weighted by Gasteiger charge is -2.21. The van der Waals surface area contributed by atoms with Gasteiger partial charge in [0.15, 0.2) is 11.6 Å². The standard InChI is InChI=1S/C25H19FN4O4/c1-30-23-16-5-4-11-27-18(16)8-9-22(23)33-14-20(25(30)32)29-24(31)19-13-15(10-12-28-19)34-21-7-3-2-6-17(21)26/h2-13,20H,14H2,1H3,(H,29,31)/t20-/m0/s1. The van der Waals surface area contributed by atoms with Crippen LogP contribution in [0.25, 0.3) is 10.9 Å². The number of para-hydroxylation sites is 1. The van der Waals surface area contributed by atoms with Crippen molar-refractivity contribution in [1.82, 2.24) is 15.3 Å². The molecule has 9 heteroatoms. The third-order valence-electron chi connectivity index (χ3n) is 5.42. The van der Waals surface area contributed by atoms with Crippen LogP contribution in [0.2, 0.25) is 0 Å². The van der Waals surface area contributed by atoms with Crippen molar-refractivity contribution < 1.29 is 23.5 Å². The molecule has 1 atom stereocenters. The van der Waals surface area contributed by atoms with Crippen molar-refractivity contribution in [1.29, 1.82) is 0 Å². The SMILES string of the molecule is CN1C(=O)[C@@H](NC(=O)c2cc(Oc3ccccc3F)ccn2)COc2ccc3ncccc3c21. The van der Waals surface area contributed by atoms with Gasteiger partial charge in [-0.15, -0.1) is 0 Å². The molecule has 3 heterocycles. The summed E-state index contributed by atoms with van der Waals surface area (Å²) in [5.41, 5.74) is 1.33. The van der Waals surface area contributed by atoms with Crippen LogP contribution in [0.5, 0.6) is 17.2 Å². The topological polar surface area (TPSA) is 93.7 Å².